The van der Waals surface area contributed by atoms with E-state index in [-0.39, 0.29) is 18.5 Å². The summed E-state index contributed by atoms with van der Waals surface area (Å²) in [6.07, 6.45) is 1.25. The second-order valence-electron chi connectivity index (χ2n) is 7.25. The minimum Gasteiger partial charge on any atom is -0.379 e. The number of piperidine rings is 1. The Kier molecular flexibility index (Phi) is 5.78. The molecule has 2 aliphatic heterocycles. The molecule has 1 atom stereocenters. The first-order chi connectivity index (χ1) is 12.5. The second kappa shape index (κ2) is 8.05. The molecule has 1 aromatic carbocycles. The highest BCUT2D eigenvalue weighted by atomic mass is 16.3. The number of carbonyl (C=O) groups excluding carboxylic acids is 2. The lowest BCUT2D eigenvalue weighted by atomic mass is 9.91. The number of nitrogens with one attached hydrogen (secondary N) is 2. The van der Waals surface area contributed by atoms with Gasteiger partial charge in [-0.3, -0.25) is 4.79 Å². The summed E-state index contributed by atoms with van der Waals surface area (Å²) >= 11 is 0. The number of aliphatic hydroxyl groups is 1. The van der Waals surface area contributed by atoms with Crippen LogP contribution < -0.4 is 10.6 Å². The lowest BCUT2D eigenvalue weighted by Crippen LogP contribution is -2.58. The average Bonchev–Trinajstić information content (AvgIpc) is 3.01. The monoisotopic (exact) mass is 360 g/mol. The summed E-state index contributed by atoms with van der Waals surface area (Å²) in [6, 6.07) is 8.04. The molecule has 0 spiro atoms. The molecule has 7 heteroatoms. The third-order valence-electron chi connectivity index (χ3n) is 5.08. The minimum atomic E-state index is -1.37. The van der Waals surface area contributed by atoms with Crippen molar-refractivity contribution in [1.82, 2.24) is 20.4 Å². The van der Waals surface area contributed by atoms with Gasteiger partial charge in [-0.15, -0.1) is 0 Å². The van der Waals surface area contributed by atoms with Crippen molar-refractivity contribution in [3.05, 3.63) is 35.4 Å². The maximum atomic E-state index is 12.8. The number of likely N-dealkylation sites (tertiary alicyclic amines) is 1. The normalized spacial score (nSPS) is 23.5. The number of hydrogen-bond acceptors (Lipinski definition) is 4. The van der Waals surface area contributed by atoms with E-state index in [9.17, 15) is 14.7 Å². The Labute approximate surface area is 154 Å². The minimum absolute atomic E-state index is 0.0522. The van der Waals surface area contributed by atoms with Crippen LogP contribution in [0.5, 0.6) is 0 Å². The van der Waals surface area contributed by atoms with Crippen molar-refractivity contribution < 1.29 is 14.7 Å². The van der Waals surface area contributed by atoms with E-state index in [2.05, 4.69) is 16.7 Å². The molecular weight excluding hydrogens is 332 g/mol. The van der Waals surface area contributed by atoms with Gasteiger partial charge in [0.1, 0.15) is 0 Å². The van der Waals surface area contributed by atoms with Crippen molar-refractivity contribution in [2.75, 3.05) is 39.3 Å². The summed E-state index contributed by atoms with van der Waals surface area (Å²) in [6.45, 7) is 5.95. The fraction of sp³-hybridized carbons (Fsp3) is 0.579. The van der Waals surface area contributed by atoms with E-state index < -0.39 is 5.60 Å². The van der Waals surface area contributed by atoms with E-state index in [1.54, 1.807) is 9.80 Å². The number of nitrogens with zero attached hydrogens (tertiary/aromatic N) is 2. The van der Waals surface area contributed by atoms with Crippen LogP contribution in [0.4, 0.5) is 4.79 Å². The molecule has 3 N–H and O–H groups in total. The summed E-state index contributed by atoms with van der Waals surface area (Å²) < 4.78 is 0. The van der Waals surface area contributed by atoms with Crippen molar-refractivity contribution in [2.24, 2.45) is 0 Å². The molecule has 2 fully saturated rings. The molecule has 0 saturated carbocycles. The van der Waals surface area contributed by atoms with Gasteiger partial charge in [0.05, 0.1) is 0 Å². The topological polar surface area (TPSA) is 84.9 Å². The van der Waals surface area contributed by atoms with Crippen LogP contribution in [0.3, 0.4) is 0 Å². The Morgan fingerprint density at radius 1 is 1.27 bits per heavy atom. The smallest absolute Gasteiger partial charge is 0.317 e. The highest BCUT2D eigenvalue weighted by Gasteiger charge is 2.41. The van der Waals surface area contributed by atoms with E-state index >= 15 is 0 Å². The van der Waals surface area contributed by atoms with Gasteiger partial charge in [-0.05, 0) is 25.3 Å². The first-order valence-corrected chi connectivity index (χ1v) is 9.29. The molecule has 7 nitrogen and oxygen atoms in total. The molecule has 0 radical (unpaired) electrons. The van der Waals surface area contributed by atoms with Crippen molar-refractivity contribution in [3.8, 4) is 0 Å². The van der Waals surface area contributed by atoms with Gasteiger partial charge in [0.25, 0.3) is 5.91 Å². The SMILES string of the molecule is Cc1cccc(CN2CCCC(O)(CNCCN3CCNC3=O)C2=O)c1. The number of urea groups is 1. The Bertz CT molecular complexity index is 666. The number of benzene rings is 1. The number of carbonyl (C=O) groups is 2. The van der Waals surface area contributed by atoms with Gasteiger partial charge in [0.2, 0.25) is 0 Å². The van der Waals surface area contributed by atoms with E-state index in [0.29, 0.717) is 45.7 Å². The Balaban J connectivity index is 1.51. The molecule has 2 aliphatic rings. The van der Waals surface area contributed by atoms with Crippen molar-refractivity contribution in [3.63, 3.8) is 0 Å². The standard InChI is InChI=1S/C19H28N4O3/c1-15-4-2-5-16(12-15)13-23-9-3-6-19(26,17(23)24)14-20-7-10-22-11-8-21-18(22)25/h2,4-5,12,20,26H,3,6-11,13-14H2,1H3,(H,21,25). The highest BCUT2D eigenvalue weighted by molar-refractivity contribution is 5.86. The van der Waals surface area contributed by atoms with Crippen LogP contribution in [0, 0.1) is 6.92 Å². The van der Waals surface area contributed by atoms with Gasteiger partial charge in [-0.2, -0.15) is 0 Å². The predicted octanol–water partition coefficient (Wildman–Crippen LogP) is 0.463. The van der Waals surface area contributed by atoms with Crippen LogP contribution in [0.1, 0.15) is 24.0 Å². The molecule has 142 valence electrons. The van der Waals surface area contributed by atoms with Gasteiger partial charge in [-0.1, -0.05) is 29.8 Å². The fourth-order valence-electron chi connectivity index (χ4n) is 3.64. The molecule has 1 aromatic rings. The zero-order valence-corrected chi connectivity index (χ0v) is 15.3. The third-order valence-corrected chi connectivity index (χ3v) is 5.08. The molecule has 0 bridgehead atoms. The van der Waals surface area contributed by atoms with Crippen LogP contribution in [0.25, 0.3) is 0 Å². The molecule has 2 heterocycles. The average molecular weight is 360 g/mol. The molecule has 26 heavy (non-hydrogen) atoms. The van der Waals surface area contributed by atoms with Crippen LogP contribution >= 0.6 is 0 Å². The summed E-state index contributed by atoms with van der Waals surface area (Å²) in [5.41, 5.74) is 0.875. The molecule has 0 aliphatic carbocycles. The third kappa shape index (κ3) is 4.34. The van der Waals surface area contributed by atoms with Crippen molar-refractivity contribution >= 4 is 11.9 Å². The zero-order chi connectivity index (χ0) is 18.6. The summed E-state index contributed by atoms with van der Waals surface area (Å²) in [5, 5.41) is 16.7. The van der Waals surface area contributed by atoms with Crippen molar-refractivity contribution in [1.29, 1.82) is 0 Å². The highest BCUT2D eigenvalue weighted by Crippen LogP contribution is 2.24. The van der Waals surface area contributed by atoms with Crippen molar-refractivity contribution in [2.45, 2.75) is 31.9 Å². The van der Waals surface area contributed by atoms with Gasteiger partial charge in [0.15, 0.2) is 5.60 Å². The lowest BCUT2D eigenvalue weighted by molar-refractivity contribution is -0.157. The first kappa shape index (κ1) is 18.7. The van der Waals surface area contributed by atoms with E-state index in [4.69, 9.17) is 0 Å². The van der Waals surface area contributed by atoms with Gasteiger partial charge >= 0.3 is 6.03 Å². The van der Waals surface area contributed by atoms with Gasteiger partial charge in [-0.25, -0.2) is 4.79 Å². The molecular formula is C19H28N4O3. The van der Waals surface area contributed by atoms with Crippen LogP contribution in [-0.2, 0) is 11.3 Å². The number of hydrogen-bond donors (Lipinski definition) is 3. The molecule has 2 saturated heterocycles. The Morgan fingerprint density at radius 2 is 2.12 bits per heavy atom. The lowest BCUT2D eigenvalue weighted by Gasteiger charge is -2.38. The number of rotatable bonds is 7. The second-order valence-corrected chi connectivity index (χ2v) is 7.25. The Hall–Kier alpha value is -2.12. The van der Waals surface area contributed by atoms with Gasteiger partial charge < -0.3 is 25.5 Å². The van der Waals surface area contributed by atoms with Crippen LogP contribution in [0.15, 0.2) is 24.3 Å². The predicted molar refractivity (Wildman–Crippen MR) is 98.6 cm³/mol. The van der Waals surface area contributed by atoms with E-state index in [1.165, 1.54) is 0 Å². The molecule has 0 aromatic heterocycles. The van der Waals surface area contributed by atoms with E-state index in [1.807, 2.05) is 25.1 Å². The molecule has 3 amide bonds. The quantitative estimate of drug-likeness (QED) is 0.617. The largest absolute Gasteiger partial charge is 0.379 e. The van der Waals surface area contributed by atoms with Crippen LogP contribution in [0.2, 0.25) is 0 Å². The van der Waals surface area contributed by atoms with Crippen LogP contribution in [-0.4, -0.2) is 71.7 Å². The zero-order valence-electron chi connectivity index (χ0n) is 15.3. The summed E-state index contributed by atoms with van der Waals surface area (Å²) in [4.78, 5) is 27.8. The maximum Gasteiger partial charge on any atom is 0.317 e. The molecule has 1 unspecified atom stereocenters. The Morgan fingerprint density at radius 3 is 2.85 bits per heavy atom. The number of amides is 3. The fourth-order valence-corrected chi connectivity index (χ4v) is 3.64. The first-order valence-electron chi connectivity index (χ1n) is 9.29. The van der Waals surface area contributed by atoms with Gasteiger partial charge in [0, 0.05) is 45.8 Å². The molecule has 3 rings (SSSR count). The summed E-state index contributed by atoms with van der Waals surface area (Å²) in [5.74, 6) is -0.211. The van der Waals surface area contributed by atoms with E-state index in [0.717, 1.165) is 17.5 Å². The number of aryl methyl sites for hydroxylation is 1. The summed E-state index contributed by atoms with van der Waals surface area (Å²) in [7, 11) is 0. The maximum absolute atomic E-state index is 12.8.